The van der Waals surface area contributed by atoms with Crippen molar-refractivity contribution < 1.29 is 23.8 Å². The standard InChI is InChI=1S/C34H37ClN4O6/c1-19(34(42)36-14-16-39-15-13-23-25(35)7-6-8-28(23)39)37-27-12-10-22-24(18-29(27)41)26(38-20(2)40)11-9-21-17-30(43-3)32(44-4)33(45-5)31(21)22/h6-8,10,12-13,15,17-19,26H,9,11,14,16H2,1-5H3,(H,36,42)(H,37,41)(H,38,40). The van der Waals surface area contributed by atoms with Gasteiger partial charge in [0.25, 0.3) is 0 Å². The molecule has 0 aliphatic heterocycles. The number of fused-ring (bicyclic) bond motifs is 4. The average Bonchev–Trinajstić information content (AvgIpc) is 3.30. The lowest BCUT2D eigenvalue weighted by Crippen LogP contribution is -2.39. The Morgan fingerprint density at radius 1 is 1.04 bits per heavy atom. The summed E-state index contributed by atoms with van der Waals surface area (Å²) in [6.07, 6.45) is 3.08. The molecule has 1 aliphatic carbocycles. The zero-order valence-corrected chi connectivity index (χ0v) is 26.7. The molecule has 2 amide bonds. The Kier molecular flexibility index (Phi) is 9.53. The van der Waals surface area contributed by atoms with E-state index >= 15 is 0 Å². The van der Waals surface area contributed by atoms with Gasteiger partial charge in [0.2, 0.25) is 23.0 Å². The smallest absolute Gasteiger partial charge is 0.242 e. The van der Waals surface area contributed by atoms with Gasteiger partial charge in [0.15, 0.2) is 11.5 Å². The molecule has 11 heteroatoms. The number of carbonyl (C=O) groups excluding carboxylic acids is 2. The van der Waals surface area contributed by atoms with Crippen LogP contribution in [0.5, 0.6) is 17.2 Å². The number of amides is 2. The molecule has 1 aliphatic rings. The van der Waals surface area contributed by atoms with Crippen molar-refractivity contribution in [2.45, 2.75) is 45.3 Å². The first-order valence-electron chi connectivity index (χ1n) is 14.7. The van der Waals surface area contributed by atoms with Crippen LogP contribution in [-0.4, -0.2) is 50.3 Å². The van der Waals surface area contributed by atoms with Gasteiger partial charge in [0.05, 0.1) is 33.1 Å². The molecule has 0 saturated heterocycles. The van der Waals surface area contributed by atoms with Crippen molar-refractivity contribution in [1.82, 2.24) is 15.2 Å². The Hall–Kier alpha value is -4.70. The highest BCUT2D eigenvalue weighted by atomic mass is 35.5. The van der Waals surface area contributed by atoms with Gasteiger partial charge in [-0.05, 0) is 72.9 Å². The van der Waals surface area contributed by atoms with Crippen molar-refractivity contribution >= 4 is 40.0 Å². The predicted molar refractivity (Wildman–Crippen MR) is 176 cm³/mol. The minimum absolute atomic E-state index is 0.211. The average molecular weight is 633 g/mol. The van der Waals surface area contributed by atoms with Crippen molar-refractivity contribution in [3.63, 3.8) is 0 Å². The van der Waals surface area contributed by atoms with Crippen molar-refractivity contribution in [1.29, 1.82) is 0 Å². The number of hydrogen-bond acceptors (Lipinski definition) is 7. The zero-order chi connectivity index (χ0) is 32.2. The molecule has 3 aromatic carbocycles. The first-order valence-corrected chi connectivity index (χ1v) is 15.1. The van der Waals surface area contributed by atoms with Crippen LogP contribution in [0, 0.1) is 0 Å². The molecular formula is C34H37ClN4O6. The van der Waals surface area contributed by atoms with Gasteiger partial charge in [-0.1, -0.05) is 23.7 Å². The molecule has 3 N–H and O–H groups in total. The molecule has 2 unspecified atom stereocenters. The van der Waals surface area contributed by atoms with Gasteiger partial charge >= 0.3 is 0 Å². The quantitative estimate of drug-likeness (QED) is 0.223. The lowest BCUT2D eigenvalue weighted by molar-refractivity contribution is -0.121. The molecule has 45 heavy (non-hydrogen) atoms. The summed E-state index contributed by atoms with van der Waals surface area (Å²) < 4.78 is 19.1. The van der Waals surface area contributed by atoms with E-state index in [1.54, 1.807) is 27.2 Å². The fourth-order valence-corrected chi connectivity index (χ4v) is 6.19. The van der Waals surface area contributed by atoms with E-state index in [1.165, 1.54) is 20.1 Å². The Bertz CT molecular complexity index is 1820. The summed E-state index contributed by atoms with van der Waals surface area (Å²) >= 11 is 6.29. The Labute approximate surface area is 266 Å². The number of benzene rings is 2. The van der Waals surface area contributed by atoms with E-state index in [0.29, 0.717) is 59.3 Å². The second-order valence-corrected chi connectivity index (χ2v) is 11.3. The number of aromatic nitrogens is 1. The third kappa shape index (κ3) is 6.42. The summed E-state index contributed by atoms with van der Waals surface area (Å²) in [5.74, 6) is 0.953. The summed E-state index contributed by atoms with van der Waals surface area (Å²) in [5, 5.41) is 10.7. The van der Waals surface area contributed by atoms with E-state index in [9.17, 15) is 14.4 Å². The molecule has 0 spiro atoms. The number of aryl methyl sites for hydroxylation is 1. The van der Waals surface area contributed by atoms with Gasteiger partial charge in [0, 0.05) is 47.7 Å². The van der Waals surface area contributed by atoms with Crippen LogP contribution in [0.4, 0.5) is 5.69 Å². The fraction of sp³-hybridized carbons (Fsp3) is 0.324. The normalized spacial score (nSPS) is 14.4. The van der Waals surface area contributed by atoms with Gasteiger partial charge in [-0.25, -0.2) is 0 Å². The van der Waals surface area contributed by atoms with Crippen LogP contribution >= 0.6 is 11.6 Å². The lowest BCUT2D eigenvalue weighted by Gasteiger charge is -2.19. The molecule has 236 valence electrons. The van der Waals surface area contributed by atoms with Crippen molar-refractivity contribution in [3.05, 3.63) is 81.1 Å². The van der Waals surface area contributed by atoms with Crippen LogP contribution < -0.4 is 35.6 Å². The number of ether oxygens (including phenoxy) is 3. The second-order valence-electron chi connectivity index (χ2n) is 10.9. The van der Waals surface area contributed by atoms with Gasteiger partial charge in [-0.2, -0.15) is 0 Å². The molecule has 1 heterocycles. The zero-order valence-electron chi connectivity index (χ0n) is 26.0. The number of nitrogens with zero attached hydrogens (tertiary/aromatic N) is 1. The van der Waals surface area contributed by atoms with Gasteiger partial charge in [-0.15, -0.1) is 0 Å². The minimum Gasteiger partial charge on any atom is -0.493 e. The van der Waals surface area contributed by atoms with E-state index < -0.39 is 12.1 Å². The molecule has 1 aromatic heterocycles. The molecule has 0 radical (unpaired) electrons. The number of halogens is 1. The summed E-state index contributed by atoms with van der Waals surface area (Å²) in [7, 11) is 4.65. The van der Waals surface area contributed by atoms with Crippen LogP contribution in [0.25, 0.3) is 22.0 Å². The van der Waals surface area contributed by atoms with Crippen LogP contribution in [0.3, 0.4) is 0 Å². The Morgan fingerprint density at radius 3 is 2.53 bits per heavy atom. The molecular weight excluding hydrogens is 596 g/mol. The molecule has 5 rings (SSSR count). The lowest BCUT2D eigenvalue weighted by atomic mass is 9.95. The summed E-state index contributed by atoms with van der Waals surface area (Å²) in [5.41, 5.74) is 3.96. The maximum Gasteiger partial charge on any atom is 0.242 e. The Morgan fingerprint density at radius 2 is 1.82 bits per heavy atom. The monoisotopic (exact) mass is 632 g/mol. The van der Waals surface area contributed by atoms with Gasteiger partial charge in [0.1, 0.15) is 6.04 Å². The third-order valence-electron chi connectivity index (χ3n) is 8.09. The highest BCUT2D eigenvalue weighted by molar-refractivity contribution is 6.35. The second kappa shape index (κ2) is 13.5. The maximum absolute atomic E-state index is 13.6. The van der Waals surface area contributed by atoms with Crippen LogP contribution in [0.2, 0.25) is 5.02 Å². The highest BCUT2D eigenvalue weighted by Crippen LogP contribution is 2.50. The first-order chi connectivity index (χ1) is 21.7. The number of carbonyl (C=O) groups is 2. The number of rotatable bonds is 10. The molecule has 0 saturated carbocycles. The third-order valence-corrected chi connectivity index (χ3v) is 8.42. The number of nitrogens with one attached hydrogen (secondary N) is 3. The maximum atomic E-state index is 13.6. The van der Waals surface area contributed by atoms with Crippen molar-refractivity contribution in [2.24, 2.45) is 0 Å². The van der Waals surface area contributed by atoms with Crippen LogP contribution in [0.15, 0.2) is 59.5 Å². The summed E-state index contributed by atoms with van der Waals surface area (Å²) in [6.45, 7) is 4.10. The summed E-state index contributed by atoms with van der Waals surface area (Å²) in [4.78, 5) is 38.9. The van der Waals surface area contributed by atoms with E-state index in [4.69, 9.17) is 25.8 Å². The van der Waals surface area contributed by atoms with Crippen molar-refractivity contribution in [2.75, 3.05) is 33.2 Å². The SMILES string of the molecule is COc1cc2c(c(OC)c1OC)-c1ccc(NC(C)C(=O)NCCn3ccc4c(Cl)cccc43)c(=O)cc1C(NC(C)=O)CC2. The largest absolute Gasteiger partial charge is 0.493 e. The highest BCUT2D eigenvalue weighted by Gasteiger charge is 2.29. The molecule has 4 aromatic rings. The van der Waals surface area contributed by atoms with Crippen LogP contribution in [0.1, 0.15) is 37.4 Å². The fourth-order valence-electron chi connectivity index (χ4n) is 5.96. The van der Waals surface area contributed by atoms with E-state index in [2.05, 4.69) is 16.0 Å². The Balaban J connectivity index is 1.43. The van der Waals surface area contributed by atoms with Crippen LogP contribution in [-0.2, 0) is 22.6 Å². The van der Waals surface area contributed by atoms with E-state index in [1.807, 2.05) is 47.2 Å². The first kappa shape index (κ1) is 31.7. The molecule has 2 atom stereocenters. The van der Waals surface area contributed by atoms with Gasteiger partial charge in [-0.3, -0.25) is 14.4 Å². The minimum atomic E-state index is -0.701. The van der Waals surface area contributed by atoms with E-state index in [-0.39, 0.29) is 22.9 Å². The van der Waals surface area contributed by atoms with Gasteiger partial charge < -0.3 is 34.7 Å². The van der Waals surface area contributed by atoms with E-state index in [0.717, 1.165) is 22.0 Å². The number of anilines is 1. The molecule has 0 fully saturated rings. The van der Waals surface area contributed by atoms with Crippen molar-refractivity contribution in [3.8, 4) is 28.4 Å². The molecule has 10 nitrogen and oxygen atoms in total. The summed E-state index contributed by atoms with van der Waals surface area (Å²) in [6, 6.07) is 13.5. The number of methoxy groups -OCH3 is 3. The topological polar surface area (TPSA) is 120 Å². The predicted octanol–water partition coefficient (Wildman–Crippen LogP) is 5.09. The number of hydrogen-bond donors (Lipinski definition) is 3. The molecule has 0 bridgehead atoms.